The molecule has 1 aliphatic rings. The second-order valence-electron chi connectivity index (χ2n) is 11.2. The van der Waals surface area contributed by atoms with Crippen molar-refractivity contribution in [2.24, 2.45) is 0 Å². The van der Waals surface area contributed by atoms with Gasteiger partial charge in [0.05, 0.1) is 31.8 Å². The van der Waals surface area contributed by atoms with E-state index < -0.39 is 41.3 Å². The monoisotopic (exact) mass is 673 g/mol. The first-order chi connectivity index (χ1) is 23.0. The molecule has 3 rings (SSSR count). The Labute approximate surface area is 276 Å². The van der Waals surface area contributed by atoms with Crippen LogP contribution in [0.1, 0.15) is 62.5 Å². The van der Waals surface area contributed by atoms with Gasteiger partial charge in [-0.1, -0.05) is 6.42 Å². The smallest absolute Gasteiger partial charge is 0.340 e. The third-order valence-corrected chi connectivity index (χ3v) is 7.52. The second-order valence-corrected chi connectivity index (χ2v) is 11.2. The topological polar surface area (TPSA) is 226 Å². The molecular weight excluding hydrogens is 630 g/mol. The maximum atomic E-state index is 13.1. The van der Waals surface area contributed by atoms with Gasteiger partial charge in [0.2, 0.25) is 17.7 Å². The minimum absolute atomic E-state index is 0.00814. The molecule has 5 N–H and O–H groups in total. The van der Waals surface area contributed by atoms with Crippen LogP contribution in [0.25, 0.3) is 11.0 Å². The van der Waals surface area contributed by atoms with Crippen LogP contribution in [-0.4, -0.2) is 86.6 Å². The fourth-order valence-corrected chi connectivity index (χ4v) is 4.87. The summed E-state index contributed by atoms with van der Waals surface area (Å²) in [5.41, 5.74) is 6.51. The number of carbonyl (C=O) groups is 6. The van der Waals surface area contributed by atoms with Gasteiger partial charge in [-0.15, -0.1) is 5.06 Å². The Morgan fingerprint density at radius 1 is 0.938 bits per heavy atom. The lowest BCUT2D eigenvalue weighted by molar-refractivity contribution is -0.197. The number of unbranched alkanes of at least 4 members (excludes halogenated alkanes) is 2. The van der Waals surface area contributed by atoms with Crippen LogP contribution in [0.15, 0.2) is 27.4 Å². The lowest BCUT2D eigenvalue weighted by atomic mass is 10.0. The van der Waals surface area contributed by atoms with Crippen molar-refractivity contribution in [1.29, 1.82) is 0 Å². The lowest BCUT2D eigenvalue weighted by Crippen LogP contribution is -2.48. The molecule has 2 heterocycles. The molecule has 2 aromatic rings. The molecule has 5 amide bonds. The highest BCUT2D eigenvalue weighted by molar-refractivity contribution is 6.01. The molecule has 0 saturated carbocycles. The minimum Gasteiger partial charge on any atom is -0.422 e. The van der Waals surface area contributed by atoms with E-state index in [0.717, 1.165) is 0 Å². The van der Waals surface area contributed by atoms with Crippen molar-refractivity contribution < 1.29 is 47.5 Å². The SMILES string of the molecule is COCCOCCNC(=O)C(CCC(=O)NCCCCCC(=O)ON1C(=O)CCC1=O)NC(=O)Cc1c(C)c2ccc(N)cc2oc1=O. The number of fused-ring (bicyclic) bond motifs is 1. The van der Waals surface area contributed by atoms with Crippen LogP contribution < -0.4 is 27.3 Å². The number of hydroxylamine groups is 2. The number of rotatable bonds is 20. The molecule has 0 aliphatic carbocycles. The summed E-state index contributed by atoms with van der Waals surface area (Å²) in [4.78, 5) is 91.1. The Hall–Kier alpha value is -4.83. The molecule has 0 bridgehead atoms. The highest BCUT2D eigenvalue weighted by atomic mass is 16.7. The predicted molar refractivity (Wildman–Crippen MR) is 171 cm³/mol. The molecular formula is C32H43N5O11. The summed E-state index contributed by atoms with van der Waals surface area (Å²) in [5.74, 6) is -3.23. The molecule has 1 atom stereocenters. The van der Waals surface area contributed by atoms with Crippen molar-refractivity contribution >= 4 is 52.2 Å². The number of amides is 5. The molecule has 1 fully saturated rings. The highest BCUT2D eigenvalue weighted by Gasteiger charge is 2.32. The molecule has 1 aromatic heterocycles. The number of benzene rings is 1. The van der Waals surface area contributed by atoms with Gasteiger partial charge in [-0.25, -0.2) is 9.59 Å². The number of nitrogens with two attached hydrogens (primary N) is 1. The van der Waals surface area contributed by atoms with E-state index in [1.165, 1.54) is 6.07 Å². The Kier molecular flexibility index (Phi) is 15.0. The first-order valence-electron chi connectivity index (χ1n) is 15.8. The van der Waals surface area contributed by atoms with Gasteiger partial charge in [-0.3, -0.25) is 24.0 Å². The number of nitrogen functional groups attached to an aromatic ring is 1. The van der Waals surface area contributed by atoms with Gasteiger partial charge in [-0.05, 0) is 43.9 Å². The molecule has 1 aliphatic heterocycles. The van der Waals surface area contributed by atoms with Crippen molar-refractivity contribution in [2.45, 2.75) is 70.8 Å². The molecule has 16 heteroatoms. The summed E-state index contributed by atoms with van der Waals surface area (Å²) in [6.45, 7) is 3.12. The predicted octanol–water partition coefficient (Wildman–Crippen LogP) is 0.554. The molecule has 1 unspecified atom stereocenters. The normalized spacial score (nSPS) is 13.4. The van der Waals surface area contributed by atoms with Crippen molar-refractivity contribution in [3.8, 4) is 0 Å². The van der Waals surface area contributed by atoms with Crippen LogP contribution in [0.4, 0.5) is 5.69 Å². The molecule has 262 valence electrons. The van der Waals surface area contributed by atoms with Gasteiger partial charge in [0.1, 0.15) is 11.6 Å². The number of anilines is 1. The minimum atomic E-state index is -1.07. The second kappa shape index (κ2) is 19.1. The molecule has 0 radical (unpaired) electrons. The number of methoxy groups -OCH3 is 1. The summed E-state index contributed by atoms with van der Waals surface area (Å²) in [6.07, 6.45) is 1.16. The van der Waals surface area contributed by atoms with Crippen molar-refractivity contribution in [3.63, 3.8) is 0 Å². The summed E-state index contributed by atoms with van der Waals surface area (Å²) in [7, 11) is 1.54. The largest absolute Gasteiger partial charge is 0.422 e. The first-order valence-corrected chi connectivity index (χ1v) is 15.8. The number of imide groups is 1. The van der Waals surface area contributed by atoms with Crippen LogP contribution in [0.3, 0.4) is 0 Å². The van der Waals surface area contributed by atoms with E-state index in [2.05, 4.69) is 16.0 Å². The van der Waals surface area contributed by atoms with Crippen LogP contribution in [-0.2, 0) is 49.5 Å². The maximum Gasteiger partial charge on any atom is 0.340 e. The standard InChI is InChI=1S/C32H43N5O11/c1-20-22-8-7-21(33)18-25(22)47-32(44)23(20)19-27(39)36-24(31(43)35-14-15-46-17-16-45-2)9-10-26(38)34-13-5-3-4-6-30(42)48-37-28(40)11-12-29(37)41/h7-8,18,24H,3-6,9-17,19,33H2,1-2H3,(H,34,38)(H,35,43)(H,36,39). The van der Waals surface area contributed by atoms with E-state index in [1.54, 1.807) is 26.2 Å². The zero-order valence-corrected chi connectivity index (χ0v) is 27.2. The number of nitrogens with zero attached hydrogens (tertiary/aromatic N) is 1. The van der Waals surface area contributed by atoms with E-state index in [0.29, 0.717) is 66.3 Å². The number of nitrogens with one attached hydrogen (secondary N) is 3. The van der Waals surface area contributed by atoms with Crippen LogP contribution >= 0.6 is 0 Å². The van der Waals surface area contributed by atoms with Crippen LogP contribution in [0.5, 0.6) is 0 Å². The summed E-state index contributed by atoms with van der Waals surface area (Å²) in [5, 5.41) is 9.20. The van der Waals surface area contributed by atoms with Gasteiger partial charge in [0.15, 0.2) is 0 Å². The van der Waals surface area contributed by atoms with Crippen LogP contribution in [0, 0.1) is 6.92 Å². The van der Waals surface area contributed by atoms with Gasteiger partial charge in [0.25, 0.3) is 11.8 Å². The fourth-order valence-electron chi connectivity index (χ4n) is 4.87. The van der Waals surface area contributed by atoms with Gasteiger partial charge >= 0.3 is 11.6 Å². The number of hydrogen-bond donors (Lipinski definition) is 4. The van der Waals surface area contributed by atoms with Crippen molar-refractivity contribution in [1.82, 2.24) is 21.0 Å². The lowest BCUT2D eigenvalue weighted by Gasteiger charge is -2.19. The van der Waals surface area contributed by atoms with Gasteiger partial charge in [0, 0.05) is 63.0 Å². The van der Waals surface area contributed by atoms with Crippen LogP contribution in [0.2, 0.25) is 0 Å². The van der Waals surface area contributed by atoms with Gasteiger partial charge < -0.3 is 40.4 Å². The van der Waals surface area contributed by atoms with Crippen molar-refractivity contribution in [2.75, 3.05) is 45.8 Å². The van der Waals surface area contributed by atoms with Gasteiger partial charge in [-0.2, -0.15) is 0 Å². The number of ether oxygens (including phenoxy) is 2. The van der Waals surface area contributed by atoms with E-state index >= 15 is 0 Å². The first kappa shape index (κ1) is 37.6. The highest BCUT2D eigenvalue weighted by Crippen LogP contribution is 2.22. The Bertz CT molecular complexity index is 1520. The number of hydrogen-bond acceptors (Lipinski definition) is 12. The number of carbonyl (C=O) groups excluding carboxylic acids is 6. The average Bonchev–Trinajstić information content (AvgIpc) is 3.36. The molecule has 0 spiro atoms. The Balaban J connectivity index is 1.48. The number of aryl methyl sites for hydroxylation is 1. The Morgan fingerprint density at radius 2 is 1.69 bits per heavy atom. The molecule has 48 heavy (non-hydrogen) atoms. The zero-order chi connectivity index (χ0) is 35.1. The summed E-state index contributed by atoms with van der Waals surface area (Å²) >= 11 is 0. The summed E-state index contributed by atoms with van der Waals surface area (Å²) in [6, 6.07) is 3.81. The fraction of sp³-hybridized carbons (Fsp3) is 0.531. The third kappa shape index (κ3) is 11.8. The van der Waals surface area contributed by atoms with E-state index in [4.69, 9.17) is 24.5 Å². The molecule has 1 saturated heterocycles. The quantitative estimate of drug-likeness (QED) is 0.0655. The van der Waals surface area contributed by atoms with Crippen molar-refractivity contribution in [3.05, 3.63) is 39.7 Å². The zero-order valence-electron chi connectivity index (χ0n) is 27.2. The Morgan fingerprint density at radius 3 is 2.42 bits per heavy atom. The average molecular weight is 674 g/mol. The third-order valence-electron chi connectivity index (χ3n) is 7.52. The van der Waals surface area contributed by atoms with E-state index in [1.807, 2.05) is 0 Å². The summed E-state index contributed by atoms with van der Waals surface area (Å²) < 4.78 is 15.6. The maximum absolute atomic E-state index is 13.1. The molecule has 1 aromatic carbocycles. The van der Waals surface area contributed by atoms with E-state index in [-0.39, 0.29) is 63.1 Å². The van der Waals surface area contributed by atoms with E-state index in [9.17, 15) is 33.6 Å². The molecule has 16 nitrogen and oxygen atoms in total.